The zero-order chi connectivity index (χ0) is 20.4. The largest absolute Gasteiger partial charge is 0.481 e. The fraction of sp³-hybridized carbons (Fsp3) is 0.333. The van der Waals surface area contributed by atoms with Crippen LogP contribution in [0.1, 0.15) is 24.1 Å². The molecule has 0 amide bonds. The first-order valence-electron chi connectivity index (χ1n) is 9.34. The van der Waals surface area contributed by atoms with Crippen LogP contribution in [0.5, 0.6) is 5.88 Å². The molecule has 0 aromatic carbocycles. The summed E-state index contributed by atoms with van der Waals surface area (Å²) in [5, 5.41) is 11.6. The van der Waals surface area contributed by atoms with Crippen molar-refractivity contribution in [3.8, 4) is 17.1 Å². The number of anilines is 1. The summed E-state index contributed by atoms with van der Waals surface area (Å²) in [4.78, 5) is 8.41. The van der Waals surface area contributed by atoms with Crippen LogP contribution in [-0.4, -0.2) is 40.0 Å². The average molecular weight is 397 g/mol. The second-order valence-electron chi connectivity index (χ2n) is 7.33. The highest BCUT2D eigenvalue weighted by molar-refractivity contribution is 5.60. The van der Waals surface area contributed by atoms with Gasteiger partial charge in [0.15, 0.2) is 0 Å². The molecule has 0 unspecified atom stereocenters. The number of methoxy groups -OCH3 is 1. The summed E-state index contributed by atoms with van der Waals surface area (Å²) in [5.74, 6) is 0.689. The summed E-state index contributed by atoms with van der Waals surface area (Å²) in [6.45, 7) is 2.24. The fourth-order valence-corrected chi connectivity index (χ4v) is 3.74. The van der Waals surface area contributed by atoms with Gasteiger partial charge in [-0.3, -0.25) is 4.98 Å². The first-order chi connectivity index (χ1) is 14.0. The van der Waals surface area contributed by atoms with Crippen LogP contribution < -0.4 is 10.1 Å². The number of hydrogen-bond acceptors (Lipinski definition) is 6. The molecule has 29 heavy (non-hydrogen) atoms. The quantitative estimate of drug-likeness (QED) is 0.681. The number of ether oxygens (including phenoxy) is 1. The van der Waals surface area contributed by atoms with Crippen molar-refractivity contribution in [2.24, 2.45) is 0 Å². The van der Waals surface area contributed by atoms with E-state index in [0.29, 0.717) is 29.6 Å². The molecular formula is C21H21F2N5O. The van der Waals surface area contributed by atoms with E-state index < -0.39 is 17.4 Å². The Morgan fingerprint density at radius 3 is 2.66 bits per heavy atom. The van der Waals surface area contributed by atoms with E-state index >= 15 is 0 Å². The Morgan fingerprint density at radius 2 is 2.03 bits per heavy atom. The van der Waals surface area contributed by atoms with Gasteiger partial charge in [-0.15, -0.1) is 10.2 Å². The van der Waals surface area contributed by atoms with Crippen LogP contribution in [0.3, 0.4) is 0 Å². The van der Waals surface area contributed by atoms with Crippen LogP contribution in [-0.2, 0) is 5.41 Å². The predicted octanol–water partition coefficient (Wildman–Crippen LogP) is 3.87. The molecule has 3 aromatic heterocycles. The Morgan fingerprint density at radius 1 is 1.21 bits per heavy atom. The van der Waals surface area contributed by atoms with Gasteiger partial charge in [0.2, 0.25) is 5.88 Å². The molecular weight excluding hydrogens is 376 g/mol. The Hall–Kier alpha value is -3.16. The van der Waals surface area contributed by atoms with E-state index in [1.54, 1.807) is 19.4 Å². The van der Waals surface area contributed by atoms with Gasteiger partial charge in [0.1, 0.15) is 17.8 Å². The van der Waals surface area contributed by atoms with E-state index in [2.05, 4.69) is 25.5 Å². The lowest BCUT2D eigenvalue weighted by Crippen LogP contribution is -2.49. The highest BCUT2D eigenvalue weighted by Crippen LogP contribution is 2.45. The van der Waals surface area contributed by atoms with Crippen LogP contribution in [0, 0.1) is 12.7 Å². The van der Waals surface area contributed by atoms with Crippen LogP contribution in [0.2, 0.25) is 0 Å². The van der Waals surface area contributed by atoms with Gasteiger partial charge in [-0.1, -0.05) is 0 Å². The van der Waals surface area contributed by atoms with E-state index in [9.17, 15) is 8.78 Å². The number of aromatic nitrogens is 4. The maximum Gasteiger partial charge on any atom is 0.215 e. The number of hydrogen-bond donors (Lipinski definition) is 1. The van der Waals surface area contributed by atoms with Crippen molar-refractivity contribution in [1.29, 1.82) is 0 Å². The van der Waals surface area contributed by atoms with Crippen molar-refractivity contribution >= 4 is 5.82 Å². The minimum absolute atomic E-state index is 0.232. The molecule has 6 nitrogen and oxygen atoms in total. The fourth-order valence-electron chi connectivity index (χ4n) is 3.74. The van der Waals surface area contributed by atoms with Gasteiger partial charge >= 0.3 is 0 Å². The smallest absolute Gasteiger partial charge is 0.215 e. The van der Waals surface area contributed by atoms with Gasteiger partial charge < -0.3 is 10.1 Å². The minimum atomic E-state index is -0.947. The van der Waals surface area contributed by atoms with Crippen molar-refractivity contribution in [3.05, 3.63) is 59.8 Å². The number of rotatable bonds is 6. The predicted molar refractivity (Wildman–Crippen MR) is 105 cm³/mol. The van der Waals surface area contributed by atoms with Crippen molar-refractivity contribution in [2.75, 3.05) is 19.0 Å². The molecule has 3 aromatic rings. The number of halogens is 2. The third-order valence-corrected chi connectivity index (χ3v) is 5.28. The van der Waals surface area contributed by atoms with Crippen molar-refractivity contribution in [3.63, 3.8) is 0 Å². The molecule has 1 fully saturated rings. The van der Waals surface area contributed by atoms with Gasteiger partial charge in [-0.25, -0.2) is 13.8 Å². The Bertz CT molecular complexity index is 1010. The van der Waals surface area contributed by atoms with E-state index in [0.717, 1.165) is 11.1 Å². The molecule has 4 rings (SSSR count). The number of aryl methyl sites for hydroxylation is 1. The highest BCUT2D eigenvalue weighted by Gasteiger charge is 2.48. The molecule has 1 aliphatic rings. The number of nitrogens with one attached hydrogen (secondary N) is 1. The van der Waals surface area contributed by atoms with Crippen molar-refractivity contribution < 1.29 is 13.5 Å². The minimum Gasteiger partial charge on any atom is -0.481 e. The van der Waals surface area contributed by atoms with Gasteiger partial charge in [-0.2, -0.15) is 0 Å². The van der Waals surface area contributed by atoms with Gasteiger partial charge in [-0.05, 0) is 50.1 Å². The molecule has 0 spiro atoms. The number of nitrogens with zero attached hydrogens (tertiary/aromatic N) is 4. The molecule has 0 saturated heterocycles. The van der Waals surface area contributed by atoms with Crippen molar-refractivity contribution in [1.82, 2.24) is 20.2 Å². The van der Waals surface area contributed by atoms with Crippen LogP contribution in [0.25, 0.3) is 11.3 Å². The standard InChI is InChI=1S/C21H21F2N5O/c1-13-8-14(11-25-20(13)29-2)17-5-6-18(28-27-17)26-12-21(9-15(22)10-21)19-16(23)4-3-7-24-19/h3-8,11,15H,9-10,12H2,1-2H3,(H,26,28). The Labute approximate surface area is 167 Å². The van der Waals surface area contributed by atoms with E-state index in [-0.39, 0.29) is 12.8 Å². The monoisotopic (exact) mass is 397 g/mol. The molecule has 0 radical (unpaired) electrons. The van der Waals surface area contributed by atoms with Crippen molar-refractivity contribution in [2.45, 2.75) is 31.4 Å². The second-order valence-corrected chi connectivity index (χ2v) is 7.33. The van der Waals surface area contributed by atoms with E-state index in [4.69, 9.17) is 4.74 Å². The first kappa shape index (κ1) is 19.2. The van der Waals surface area contributed by atoms with Gasteiger partial charge in [0.25, 0.3) is 0 Å². The summed E-state index contributed by atoms with van der Waals surface area (Å²) >= 11 is 0. The first-order valence-corrected chi connectivity index (χ1v) is 9.34. The summed E-state index contributed by atoms with van der Waals surface area (Å²) < 4.78 is 33.1. The third-order valence-electron chi connectivity index (χ3n) is 5.28. The zero-order valence-corrected chi connectivity index (χ0v) is 16.2. The number of alkyl halides is 1. The summed E-state index contributed by atoms with van der Waals surface area (Å²) in [6.07, 6.45) is 2.73. The molecule has 1 N–H and O–H groups in total. The van der Waals surface area contributed by atoms with Gasteiger partial charge in [0, 0.05) is 35.5 Å². The maximum absolute atomic E-state index is 14.2. The molecule has 8 heteroatoms. The molecule has 0 bridgehead atoms. The number of pyridine rings is 2. The molecule has 1 aliphatic carbocycles. The molecule has 3 heterocycles. The Balaban J connectivity index is 1.49. The van der Waals surface area contributed by atoms with E-state index in [1.807, 2.05) is 19.1 Å². The lowest BCUT2D eigenvalue weighted by Gasteiger charge is -2.43. The normalized spacial score (nSPS) is 20.8. The zero-order valence-electron chi connectivity index (χ0n) is 16.2. The second kappa shape index (κ2) is 7.69. The summed E-state index contributed by atoms with van der Waals surface area (Å²) in [6, 6.07) is 8.43. The molecule has 0 atom stereocenters. The summed E-state index contributed by atoms with van der Waals surface area (Å²) in [5.41, 5.74) is 2.02. The molecule has 1 saturated carbocycles. The van der Waals surface area contributed by atoms with Gasteiger partial charge in [0.05, 0.1) is 18.5 Å². The highest BCUT2D eigenvalue weighted by atomic mass is 19.1. The van der Waals surface area contributed by atoms with Crippen LogP contribution in [0.4, 0.5) is 14.6 Å². The third kappa shape index (κ3) is 3.74. The lowest BCUT2D eigenvalue weighted by molar-refractivity contribution is 0.0964. The average Bonchev–Trinajstić information content (AvgIpc) is 2.71. The SMILES string of the molecule is COc1ncc(-c2ccc(NCC3(c4ncccc4F)CC(F)C3)nn2)cc1C. The van der Waals surface area contributed by atoms with Crippen LogP contribution >= 0.6 is 0 Å². The molecule has 150 valence electrons. The van der Waals surface area contributed by atoms with Crippen LogP contribution in [0.15, 0.2) is 42.7 Å². The summed E-state index contributed by atoms with van der Waals surface area (Å²) in [7, 11) is 1.58. The Kier molecular flexibility index (Phi) is 5.08. The van der Waals surface area contributed by atoms with E-state index in [1.165, 1.54) is 18.3 Å². The lowest BCUT2D eigenvalue weighted by atomic mass is 9.65. The maximum atomic E-state index is 14.2. The molecule has 0 aliphatic heterocycles. The topological polar surface area (TPSA) is 72.8 Å².